The van der Waals surface area contributed by atoms with E-state index in [2.05, 4.69) is 10.3 Å². The van der Waals surface area contributed by atoms with Crippen molar-refractivity contribution in [3.05, 3.63) is 80.0 Å². The van der Waals surface area contributed by atoms with Crippen LogP contribution in [-0.2, 0) is 4.79 Å². The van der Waals surface area contributed by atoms with Crippen LogP contribution < -0.4 is 20.1 Å². The molecule has 1 N–H and O–H groups in total. The van der Waals surface area contributed by atoms with Gasteiger partial charge in [0.2, 0.25) is 0 Å². The summed E-state index contributed by atoms with van der Waals surface area (Å²) in [5.41, 5.74) is 0.947. The molecule has 0 saturated carbocycles. The number of carbonyl (C=O) groups is 1. The number of thiazole rings is 1. The number of para-hydroxylation sites is 1. The van der Waals surface area contributed by atoms with Gasteiger partial charge in [0.1, 0.15) is 10.7 Å². The Hall–Kier alpha value is -3.50. The van der Waals surface area contributed by atoms with Crippen molar-refractivity contribution < 1.29 is 4.79 Å². The van der Waals surface area contributed by atoms with E-state index in [9.17, 15) is 14.9 Å². The number of benzene rings is 1. The number of nitrogens with one attached hydrogen (secondary N) is 1. The van der Waals surface area contributed by atoms with Crippen molar-refractivity contribution >= 4 is 28.9 Å². The molecule has 26 heavy (non-hydrogen) atoms. The lowest BCUT2D eigenvalue weighted by Crippen LogP contribution is -2.33. The van der Waals surface area contributed by atoms with Gasteiger partial charge in [0.05, 0.1) is 10.2 Å². The fourth-order valence-electron chi connectivity index (χ4n) is 2.39. The maximum absolute atomic E-state index is 13.0. The van der Waals surface area contributed by atoms with E-state index in [1.165, 1.54) is 11.6 Å². The lowest BCUT2D eigenvalue weighted by Gasteiger charge is -2.02. The Balaban J connectivity index is 2.42. The molecule has 0 spiro atoms. The molecule has 1 amide bonds. The number of hydrogen-bond acceptors (Lipinski definition) is 5. The molecule has 0 aliphatic rings. The molecule has 0 fully saturated rings. The third kappa shape index (κ3) is 3.31. The first kappa shape index (κ1) is 17.3. The molecule has 2 heterocycles. The molecule has 0 bridgehead atoms. The summed E-state index contributed by atoms with van der Waals surface area (Å²) in [4.78, 5) is 29.1. The van der Waals surface area contributed by atoms with Gasteiger partial charge in [-0.25, -0.2) is 0 Å². The highest BCUT2D eigenvalue weighted by molar-refractivity contribution is 7.07. The van der Waals surface area contributed by atoms with E-state index >= 15 is 0 Å². The molecule has 0 radical (unpaired) electrons. The van der Waals surface area contributed by atoms with Crippen LogP contribution in [0.15, 0.2) is 59.7 Å². The summed E-state index contributed by atoms with van der Waals surface area (Å²) >= 11 is 1.10. The Morgan fingerprint density at radius 2 is 2.04 bits per heavy atom. The lowest BCUT2D eigenvalue weighted by atomic mass is 10.2. The summed E-state index contributed by atoms with van der Waals surface area (Å²) in [7, 11) is 1.45. The maximum Gasteiger partial charge on any atom is 0.273 e. The number of aromatic nitrogens is 2. The van der Waals surface area contributed by atoms with Gasteiger partial charge in [-0.2, -0.15) is 5.26 Å². The van der Waals surface area contributed by atoms with Gasteiger partial charge in [-0.15, -0.1) is 11.3 Å². The second kappa shape index (κ2) is 7.59. The van der Waals surface area contributed by atoms with Crippen molar-refractivity contribution in [2.45, 2.75) is 0 Å². The predicted octanol–water partition coefficient (Wildman–Crippen LogP) is 0.543. The minimum absolute atomic E-state index is 0.107. The van der Waals surface area contributed by atoms with E-state index in [1.54, 1.807) is 48.8 Å². The van der Waals surface area contributed by atoms with E-state index in [4.69, 9.17) is 0 Å². The summed E-state index contributed by atoms with van der Waals surface area (Å²) in [5, 5.41) is 11.9. The third-order valence-corrected chi connectivity index (χ3v) is 4.69. The first-order valence-corrected chi connectivity index (χ1v) is 8.53. The lowest BCUT2D eigenvalue weighted by molar-refractivity contribution is -0.115. The minimum atomic E-state index is -0.536. The molecular formula is C19H14N4O2S. The number of nitriles is 1. The van der Waals surface area contributed by atoms with E-state index in [-0.39, 0.29) is 15.8 Å². The average Bonchev–Trinajstić information content (AvgIpc) is 2.99. The molecule has 0 unspecified atom stereocenters. The molecule has 0 saturated heterocycles. The van der Waals surface area contributed by atoms with Gasteiger partial charge >= 0.3 is 0 Å². The van der Waals surface area contributed by atoms with Gasteiger partial charge in [0, 0.05) is 19.4 Å². The van der Waals surface area contributed by atoms with Gasteiger partial charge in [-0.05, 0) is 29.8 Å². The van der Waals surface area contributed by atoms with Crippen LogP contribution >= 0.6 is 11.3 Å². The first-order chi connectivity index (χ1) is 12.7. The molecule has 3 aromatic rings. The highest BCUT2D eigenvalue weighted by atomic mass is 32.1. The Morgan fingerprint density at radius 1 is 1.27 bits per heavy atom. The van der Waals surface area contributed by atoms with Gasteiger partial charge in [0.15, 0.2) is 5.57 Å². The number of nitrogens with zero attached hydrogens (tertiary/aromatic N) is 3. The Bertz CT molecular complexity index is 1160. The van der Waals surface area contributed by atoms with Crippen molar-refractivity contribution in [3.63, 3.8) is 0 Å². The van der Waals surface area contributed by atoms with Crippen LogP contribution in [0.25, 0.3) is 17.3 Å². The van der Waals surface area contributed by atoms with Gasteiger partial charge in [0.25, 0.3) is 11.5 Å². The van der Waals surface area contributed by atoms with Crippen molar-refractivity contribution in [3.8, 4) is 11.8 Å². The van der Waals surface area contributed by atoms with Crippen LogP contribution in [0.5, 0.6) is 0 Å². The molecular weight excluding hydrogens is 348 g/mol. The first-order valence-electron chi connectivity index (χ1n) is 7.71. The SMILES string of the molecule is CNC(=O)/C(C#N)=c1/s/c(=C/c2cccnc2)c(=O)n1-c1ccccc1. The number of carbonyl (C=O) groups excluding carboxylic acids is 1. The van der Waals surface area contributed by atoms with Crippen molar-refractivity contribution in [1.29, 1.82) is 5.26 Å². The zero-order valence-corrected chi connectivity index (χ0v) is 14.7. The van der Waals surface area contributed by atoms with Crippen LogP contribution in [0.2, 0.25) is 0 Å². The van der Waals surface area contributed by atoms with Crippen LogP contribution in [-0.4, -0.2) is 22.5 Å². The molecule has 128 valence electrons. The van der Waals surface area contributed by atoms with E-state index < -0.39 is 5.91 Å². The predicted molar refractivity (Wildman–Crippen MR) is 100 cm³/mol. The second-order valence-corrected chi connectivity index (χ2v) is 6.27. The van der Waals surface area contributed by atoms with Crippen LogP contribution in [0, 0.1) is 11.3 Å². The highest BCUT2D eigenvalue weighted by Crippen LogP contribution is 2.03. The third-order valence-electron chi connectivity index (χ3n) is 3.60. The quantitative estimate of drug-likeness (QED) is 0.737. The molecule has 0 aliphatic heterocycles. The standard InChI is InChI=1S/C19H14N4O2S/c1-21-17(24)15(11-20)19-23(14-7-3-2-4-8-14)18(25)16(26-19)10-13-6-5-9-22-12-13/h2-10,12H,1H3,(H,21,24)/b16-10+,19-15+. The largest absolute Gasteiger partial charge is 0.354 e. The zero-order valence-electron chi connectivity index (χ0n) is 13.8. The van der Waals surface area contributed by atoms with Gasteiger partial charge in [-0.3, -0.25) is 19.1 Å². The Morgan fingerprint density at radius 3 is 2.65 bits per heavy atom. The van der Waals surface area contributed by atoms with Gasteiger partial charge < -0.3 is 5.32 Å². The van der Waals surface area contributed by atoms with E-state index in [0.717, 1.165) is 16.9 Å². The average molecular weight is 362 g/mol. The number of hydrogen-bond donors (Lipinski definition) is 1. The summed E-state index contributed by atoms with van der Waals surface area (Å²) in [6, 6.07) is 14.4. The summed E-state index contributed by atoms with van der Waals surface area (Å²) in [5.74, 6) is -0.536. The van der Waals surface area contributed by atoms with E-state index in [0.29, 0.717) is 10.2 Å². The van der Waals surface area contributed by atoms with Crippen molar-refractivity contribution in [2.75, 3.05) is 7.05 Å². The summed E-state index contributed by atoms with van der Waals surface area (Å²) in [6.07, 6.45) is 4.98. The fourth-order valence-corrected chi connectivity index (χ4v) is 3.50. The Kier molecular flexibility index (Phi) is 5.06. The molecule has 6 nitrogen and oxygen atoms in total. The van der Waals surface area contributed by atoms with Crippen LogP contribution in [0.3, 0.4) is 0 Å². The number of amides is 1. The molecule has 3 rings (SSSR count). The molecule has 7 heteroatoms. The number of rotatable bonds is 3. The summed E-state index contributed by atoms with van der Waals surface area (Å²) in [6.45, 7) is 0. The molecule has 2 aromatic heterocycles. The van der Waals surface area contributed by atoms with Gasteiger partial charge in [-0.1, -0.05) is 24.3 Å². The fraction of sp³-hybridized carbons (Fsp3) is 0.0526. The highest BCUT2D eigenvalue weighted by Gasteiger charge is 2.15. The van der Waals surface area contributed by atoms with Crippen LogP contribution in [0.4, 0.5) is 0 Å². The Labute approximate surface area is 153 Å². The molecule has 0 atom stereocenters. The topological polar surface area (TPSA) is 87.8 Å². The zero-order chi connectivity index (χ0) is 18.5. The van der Waals surface area contributed by atoms with Crippen molar-refractivity contribution in [2.24, 2.45) is 0 Å². The maximum atomic E-state index is 13.0. The van der Waals surface area contributed by atoms with Crippen LogP contribution in [0.1, 0.15) is 5.56 Å². The van der Waals surface area contributed by atoms with Crippen molar-refractivity contribution in [1.82, 2.24) is 14.9 Å². The second-order valence-electron chi connectivity index (χ2n) is 5.24. The smallest absolute Gasteiger partial charge is 0.273 e. The monoisotopic (exact) mass is 362 g/mol. The number of pyridine rings is 1. The molecule has 1 aromatic carbocycles. The minimum Gasteiger partial charge on any atom is -0.354 e. The normalized spacial score (nSPS) is 12.4. The van der Waals surface area contributed by atoms with E-state index in [1.807, 2.05) is 18.2 Å². The summed E-state index contributed by atoms with van der Waals surface area (Å²) < 4.78 is 2.09. The molecule has 0 aliphatic carbocycles.